The summed E-state index contributed by atoms with van der Waals surface area (Å²) in [7, 11) is 0. The molecule has 0 aromatic rings. The second-order valence-electron chi connectivity index (χ2n) is 1.41. The first kappa shape index (κ1) is 7.43. The molecule has 1 radical (unpaired) electrons. The van der Waals surface area contributed by atoms with E-state index in [-0.39, 0.29) is 6.61 Å². The van der Waals surface area contributed by atoms with Gasteiger partial charge in [0, 0.05) is 6.61 Å². The summed E-state index contributed by atoms with van der Waals surface area (Å²) in [4.78, 5) is 9.74. The number of aliphatic hydroxyl groups is 1. The Hall–Kier alpha value is -0.570. The number of carboxylic acids is 1. The quantitative estimate of drug-likeness (QED) is 0.511. The Morgan fingerprint density at radius 3 is 2.62 bits per heavy atom. The predicted octanol–water partition coefficient (Wildman–Crippen LogP) is 0.0478. The number of hydrogen-bond donors (Lipinski definition) is 2. The number of aliphatic carboxylic acids is 1. The number of carboxylic acid groups (broad SMARTS) is 1. The monoisotopic (exact) mass is 117 g/mol. The number of rotatable bonds is 4. The van der Waals surface area contributed by atoms with Crippen LogP contribution in [0.25, 0.3) is 0 Å². The van der Waals surface area contributed by atoms with Crippen molar-refractivity contribution in [1.82, 2.24) is 0 Å². The molecule has 0 aliphatic rings. The largest absolute Gasteiger partial charge is 0.481 e. The summed E-state index contributed by atoms with van der Waals surface area (Å²) in [5, 5.41) is 16.2. The van der Waals surface area contributed by atoms with Crippen molar-refractivity contribution in [3.8, 4) is 0 Å². The van der Waals surface area contributed by atoms with Gasteiger partial charge in [-0.25, -0.2) is 0 Å². The molecular formula is C5H9O3. The van der Waals surface area contributed by atoms with Gasteiger partial charge in [-0.2, -0.15) is 0 Å². The van der Waals surface area contributed by atoms with Gasteiger partial charge in [-0.3, -0.25) is 4.79 Å². The van der Waals surface area contributed by atoms with Crippen LogP contribution in [0.1, 0.15) is 12.8 Å². The summed E-state index contributed by atoms with van der Waals surface area (Å²) < 4.78 is 0. The van der Waals surface area contributed by atoms with Crippen molar-refractivity contribution >= 4 is 5.97 Å². The molecule has 0 saturated heterocycles. The van der Waals surface area contributed by atoms with Crippen molar-refractivity contribution in [2.45, 2.75) is 12.8 Å². The normalized spacial score (nSPS) is 9.12. The third kappa shape index (κ3) is 5.43. The number of aliphatic hydroxyl groups excluding tert-OH is 1. The Morgan fingerprint density at radius 2 is 2.25 bits per heavy atom. The second-order valence-corrected chi connectivity index (χ2v) is 1.41. The van der Waals surface area contributed by atoms with E-state index in [2.05, 4.69) is 0 Å². The first-order valence-electron chi connectivity index (χ1n) is 2.44. The molecule has 2 N–H and O–H groups in total. The van der Waals surface area contributed by atoms with E-state index in [0.29, 0.717) is 12.8 Å². The van der Waals surface area contributed by atoms with Gasteiger partial charge in [-0.15, -0.1) is 0 Å². The van der Waals surface area contributed by atoms with Gasteiger partial charge in [-0.1, -0.05) is 0 Å². The van der Waals surface area contributed by atoms with Gasteiger partial charge in [0.1, 0.15) is 0 Å². The van der Waals surface area contributed by atoms with Crippen LogP contribution in [0.3, 0.4) is 0 Å². The molecule has 0 atom stereocenters. The Balaban J connectivity index is 2.82. The highest BCUT2D eigenvalue weighted by Gasteiger charge is 1.94. The molecule has 0 amide bonds. The Bertz CT molecular complexity index is 70.1. The molecule has 47 valence electrons. The molecule has 0 aliphatic carbocycles. The van der Waals surface area contributed by atoms with E-state index in [0.717, 1.165) is 6.42 Å². The van der Waals surface area contributed by atoms with Gasteiger partial charge < -0.3 is 10.2 Å². The Morgan fingerprint density at radius 1 is 1.62 bits per heavy atom. The van der Waals surface area contributed by atoms with E-state index in [4.69, 9.17) is 10.2 Å². The molecule has 3 nitrogen and oxygen atoms in total. The predicted molar refractivity (Wildman–Crippen MR) is 28.3 cm³/mol. The van der Waals surface area contributed by atoms with Crippen LogP contribution in [0, 0.1) is 6.42 Å². The lowest BCUT2D eigenvalue weighted by Gasteiger charge is -1.88. The standard InChI is InChI=1S/C5H9O3/c6-4-2-1-3-5(7)8/h3,6H,1-2,4H2,(H,7,8). The maximum atomic E-state index is 9.74. The van der Waals surface area contributed by atoms with Crippen LogP contribution < -0.4 is 0 Å². The summed E-state index contributed by atoms with van der Waals surface area (Å²) in [6, 6.07) is 0. The first-order valence-corrected chi connectivity index (χ1v) is 2.44. The van der Waals surface area contributed by atoms with Crippen LogP contribution in [-0.2, 0) is 4.79 Å². The minimum Gasteiger partial charge on any atom is -0.481 e. The van der Waals surface area contributed by atoms with Crippen molar-refractivity contribution in [3.63, 3.8) is 0 Å². The van der Waals surface area contributed by atoms with Crippen molar-refractivity contribution in [1.29, 1.82) is 0 Å². The molecule has 0 fully saturated rings. The highest BCUT2D eigenvalue weighted by molar-refractivity contribution is 5.76. The highest BCUT2D eigenvalue weighted by atomic mass is 16.4. The molecule has 8 heavy (non-hydrogen) atoms. The Labute approximate surface area is 47.9 Å². The lowest BCUT2D eigenvalue weighted by molar-refractivity contribution is -0.133. The average molecular weight is 117 g/mol. The lowest BCUT2D eigenvalue weighted by Crippen LogP contribution is -1.95. The number of hydrogen-bond acceptors (Lipinski definition) is 2. The molecule has 0 heterocycles. The zero-order chi connectivity index (χ0) is 6.41. The summed E-state index contributed by atoms with van der Waals surface area (Å²) in [5.41, 5.74) is 0. The molecule has 0 spiro atoms. The summed E-state index contributed by atoms with van der Waals surface area (Å²) in [6.45, 7) is 0.0593. The molecular weight excluding hydrogens is 108 g/mol. The van der Waals surface area contributed by atoms with E-state index in [1.165, 1.54) is 0 Å². The fraction of sp³-hybridized carbons (Fsp3) is 0.600. The third-order valence-corrected chi connectivity index (χ3v) is 0.681. The fourth-order valence-electron chi connectivity index (χ4n) is 0.317. The minimum absolute atomic E-state index is 0.0593. The molecule has 0 aromatic heterocycles. The van der Waals surface area contributed by atoms with E-state index in [1.54, 1.807) is 0 Å². The molecule has 0 aliphatic heterocycles. The SMILES string of the molecule is O=C(O)[CH]CCCO. The van der Waals surface area contributed by atoms with Crippen LogP contribution >= 0.6 is 0 Å². The number of carbonyl (C=O) groups is 1. The molecule has 0 rings (SSSR count). The van der Waals surface area contributed by atoms with Crippen molar-refractivity contribution in [2.24, 2.45) is 0 Å². The minimum atomic E-state index is -0.918. The van der Waals surface area contributed by atoms with Crippen molar-refractivity contribution in [2.75, 3.05) is 6.61 Å². The van der Waals surface area contributed by atoms with Gasteiger partial charge in [0.2, 0.25) is 0 Å². The van der Waals surface area contributed by atoms with Crippen molar-refractivity contribution < 1.29 is 15.0 Å². The van der Waals surface area contributed by atoms with Crippen molar-refractivity contribution in [3.05, 3.63) is 6.42 Å². The van der Waals surface area contributed by atoms with Gasteiger partial charge in [0.25, 0.3) is 0 Å². The van der Waals surface area contributed by atoms with E-state index < -0.39 is 5.97 Å². The molecule has 0 bridgehead atoms. The summed E-state index contributed by atoms with van der Waals surface area (Å²) in [6.07, 6.45) is 2.12. The first-order chi connectivity index (χ1) is 3.77. The third-order valence-electron chi connectivity index (χ3n) is 0.681. The van der Waals surface area contributed by atoms with Gasteiger partial charge in [0.15, 0.2) is 0 Å². The van der Waals surface area contributed by atoms with E-state index in [9.17, 15) is 4.79 Å². The summed E-state index contributed by atoms with van der Waals surface area (Å²) >= 11 is 0. The van der Waals surface area contributed by atoms with Crippen LogP contribution in [0.5, 0.6) is 0 Å². The molecule has 0 saturated carbocycles. The molecule has 0 aromatic carbocycles. The van der Waals surface area contributed by atoms with Crippen LogP contribution in [-0.4, -0.2) is 22.8 Å². The maximum Gasteiger partial charge on any atom is 0.307 e. The van der Waals surface area contributed by atoms with Crippen LogP contribution in [0.15, 0.2) is 0 Å². The van der Waals surface area contributed by atoms with Gasteiger partial charge in [-0.05, 0) is 12.8 Å². The second kappa shape index (κ2) is 4.59. The highest BCUT2D eigenvalue weighted by Crippen LogP contribution is 1.90. The van der Waals surface area contributed by atoms with Gasteiger partial charge >= 0.3 is 5.97 Å². The zero-order valence-electron chi connectivity index (χ0n) is 4.50. The fourth-order valence-corrected chi connectivity index (χ4v) is 0.317. The lowest BCUT2D eigenvalue weighted by atomic mass is 10.2. The smallest absolute Gasteiger partial charge is 0.307 e. The van der Waals surface area contributed by atoms with Crippen LogP contribution in [0.4, 0.5) is 0 Å². The number of unbranched alkanes of at least 4 members (excludes halogenated alkanes) is 1. The van der Waals surface area contributed by atoms with Gasteiger partial charge in [0.05, 0.1) is 6.42 Å². The summed E-state index contributed by atoms with van der Waals surface area (Å²) in [5.74, 6) is -0.918. The molecule has 0 unspecified atom stereocenters. The van der Waals surface area contributed by atoms with Crippen LogP contribution in [0.2, 0.25) is 0 Å². The van der Waals surface area contributed by atoms with E-state index in [1.807, 2.05) is 0 Å². The average Bonchev–Trinajstić information content (AvgIpc) is 1.66. The van der Waals surface area contributed by atoms with E-state index >= 15 is 0 Å². The zero-order valence-corrected chi connectivity index (χ0v) is 4.50. The topological polar surface area (TPSA) is 57.5 Å². The molecule has 3 heteroatoms. The maximum absolute atomic E-state index is 9.74. The Kier molecular flexibility index (Phi) is 4.26.